The molecule has 0 atom stereocenters. The van der Waals surface area contributed by atoms with Gasteiger partial charge in [-0.15, -0.1) is 0 Å². The fourth-order valence-corrected chi connectivity index (χ4v) is 1.99. The molecular formula is C14H14BrN3O. The lowest BCUT2D eigenvalue weighted by Gasteiger charge is -2.08. The lowest BCUT2D eigenvalue weighted by atomic mass is 10.0. The predicted octanol–water partition coefficient (Wildman–Crippen LogP) is 2.48. The van der Waals surface area contributed by atoms with Crippen molar-refractivity contribution >= 4 is 27.5 Å². The molecule has 0 spiro atoms. The number of aromatic nitrogens is 1. The Morgan fingerprint density at radius 2 is 1.95 bits per heavy atom. The van der Waals surface area contributed by atoms with Crippen LogP contribution in [0.25, 0.3) is 0 Å². The highest BCUT2D eigenvalue weighted by molar-refractivity contribution is 9.10. The van der Waals surface area contributed by atoms with Gasteiger partial charge < -0.3 is 11.1 Å². The van der Waals surface area contributed by atoms with Crippen molar-refractivity contribution in [3.8, 4) is 0 Å². The second-order valence-corrected chi connectivity index (χ2v) is 4.88. The highest BCUT2D eigenvalue weighted by atomic mass is 79.9. The monoisotopic (exact) mass is 319 g/mol. The third-order valence-electron chi connectivity index (χ3n) is 2.70. The SMILES string of the molecule is NCc1ccccc1CC(=O)Nc1ccc(Br)nc1. The molecule has 0 bridgehead atoms. The van der Waals surface area contributed by atoms with E-state index >= 15 is 0 Å². The van der Waals surface area contributed by atoms with Crippen LogP contribution in [-0.4, -0.2) is 10.9 Å². The van der Waals surface area contributed by atoms with E-state index in [-0.39, 0.29) is 5.91 Å². The molecule has 5 heteroatoms. The second kappa shape index (κ2) is 6.45. The molecule has 1 heterocycles. The van der Waals surface area contributed by atoms with Crippen molar-refractivity contribution < 1.29 is 4.79 Å². The number of pyridine rings is 1. The molecule has 0 unspecified atom stereocenters. The molecule has 0 fully saturated rings. The summed E-state index contributed by atoms with van der Waals surface area (Å²) in [6.07, 6.45) is 1.92. The van der Waals surface area contributed by atoms with Gasteiger partial charge in [-0.25, -0.2) is 4.98 Å². The maximum Gasteiger partial charge on any atom is 0.228 e. The Hall–Kier alpha value is -1.72. The quantitative estimate of drug-likeness (QED) is 0.851. The van der Waals surface area contributed by atoms with Gasteiger partial charge in [0.2, 0.25) is 5.91 Å². The van der Waals surface area contributed by atoms with Crippen LogP contribution in [0, 0.1) is 0 Å². The topological polar surface area (TPSA) is 68.0 Å². The van der Waals surface area contributed by atoms with Crippen LogP contribution in [0.2, 0.25) is 0 Å². The molecule has 1 amide bonds. The molecule has 0 saturated carbocycles. The molecule has 1 aromatic heterocycles. The lowest BCUT2D eigenvalue weighted by molar-refractivity contribution is -0.115. The van der Waals surface area contributed by atoms with E-state index in [1.807, 2.05) is 24.3 Å². The Bertz CT molecular complexity index is 569. The van der Waals surface area contributed by atoms with Crippen LogP contribution in [0.1, 0.15) is 11.1 Å². The van der Waals surface area contributed by atoms with Gasteiger partial charge in [0.15, 0.2) is 0 Å². The van der Waals surface area contributed by atoms with E-state index in [4.69, 9.17) is 5.73 Å². The van der Waals surface area contributed by atoms with Crippen molar-refractivity contribution in [2.24, 2.45) is 5.73 Å². The maximum absolute atomic E-state index is 11.9. The van der Waals surface area contributed by atoms with Gasteiger partial charge in [-0.1, -0.05) is 24.3 Å². The van der Waals surface area contributed by atoms with Crippen molar-refractivity contribution in [1.82, 2.24) is 4.98 Å². The molecular weight excluding hydrogens is 306 g/mol. The average molecular weight is 320 g/mol. The zero-order chi connectivity index (χ0) is 13.7. The molecule has 0 aliphatic heterocycles. The fourth-order valence-electron chi connectivity index (χ4n) is 1.76. The van der Waals surface area contributed by atoms with E-state index in [2.05, 4.69) is 26.2 Å². The molecule has 1 aromatic carbocycles. The summed E-state index contributed by atoms with van der Waals surface area (Å²) in [6.45, 7) is 0.434. The number of nitrogens with zero attached hydrogens (tertiary/aromatic N) is 1. The van der Waals surface area contributed by atoms with Gasteiger partial charge in [-0.2, -0.15) is 0 Å². The summed E-state index contributed by atoms with van der Waals surface area (Å²) < 4.78 is 0.735. The average Bonchev–Trinajstić information content (AvgIpc) is 2.42. The van der Waals surface area contributed by atoms with Gasteiger partial charge in [0.05, 0.1) is 18.3 Å². The summed E-state index contributed by atoms with van der Waals surface area (Å²) >= 11 is 3.25. The Morgan fingerprint density at radius 1 is 1.21 bits per heavy atom. The van der Waals surface area contributed by atoms with Crippen LogP contribution in [0.4, 0.5) is 5.69 Å². The van der Waals surface area contributed by atoms with E-state index in [9.17, 15) is 4.79 Å². The highest BCUT2D eigenvalue weighted by Gasteiger charge is 2.07. The maximum atomic E-state index is 11.9. The number of carbonyl (C=O) groups excluding carboxylic acids is 1. The Balaban J connectivity index is 2.03. The van der Waals surface area contributed by atoms with Crippen molar-refractivity contribution in [2.45, 2.75) is 13.0 Å². The van der Waals surface area contributed by atoms with Crippen molar-refractivity contribution in [2.75, 3.05) is 5.32 Å². The summed E-state index contributed by atoms with van der Waals surface area (Å²) in [5.74, 6) is -0.0787. The zero-order valence-corrected chi connectivity index (χ0v) is 11.9. The first-order chi connectivity index (χ1) is 9.19. The van der Waals surface area contributed by atoms with Gasteiger partial charge in [0, 0.05) is 6.54 Å². The minimum Gasteiger partial charge on any atom is -0.326 e. The molecule has 0 aliphatic rings. The van der Waals surface area contributed by atoms with E-state index in [0.29, 0.717) is 18.7 Å². The number of hydrogen-bond donors (Lipinski definition) is 2. The van der Waals surface area contributed by atoms with E-state index < -0.39 is 0 Å². The molecule has 0 radical (unpaired) electrons. The summed E-state index contributed by atoms with van der Waals surface area (Å²) in [5, 5.41) is 2.81. The van der Waals surface area contributed by atoms with Crippen molar-refractivity contribution in [3.63, 3.8) is 0 Å². The minimum absolute atomic E-state index is 0.0787. The molecule has 2 rings (SSSR count). The summed E-state index contributed by atoms with van der Waals surface area (Å²) in [5.41, 5.74) is 8.27. The number of halogens is 1. The minimum atomic E-state index is -0.0787. The first-order valence-corrected chi connectivity index (χ1v) is 6.66. The van der Waals surface area contributed by atoms with Gasteiger partial charge in [0.25, 0.3) is 0 Å². The number of benzene rings is 1. The number of carbonyl (C=O) groups is 1. The van der Waals surface area contributed by atoms with Crippen LogP contribution in [0.3, 0.4) is 0 Å². The number of nitrogens with two attached hydrogens (primary N) is 1. The van der Waals surface area contributed by atoms with Gasteiger partial charge in [-0.3, -0.25) is 4.79 Å². The first-order valence-electron chi connectivity index (χ1n) is 5.87. The summed E-state index contributed by atoms with van der Waals surface area (Å²) in [4.78, 5) is 16.0. The third kappa shape index (κ3) is 3.87. The normalized spacial score (nSPS) is 10.2. The zero-order valence-electron chi connectivity index (χ0n) is 10.3. The molecule has 4 nitrogen and oxygen atoms in total. The smallest absolute Gasteiger partial charge is 0.228 e. The molecule has 0 aliphatic carbocycles. The fraction of sp³-hybridized carbons (Fsp3) is 0.143. The van der Waals surface area contributed by atoms with Crippen LogP contribution >= 0.6 is 15.9 Å². The molecule has 0 saturated heterocycles. The molecule has 3 N–H and O–H groups in total. The Kier molecular flexibility index (Phi) is 4.65. The van der Waals surface area contributed by atoms with Crippen molar-refractivity contribution in [3.05, 3.63) is 58.3 Å². The van der Waals surface area contributed by atoms with Crippen molar-refractivity contribution in [1.29, 1.82) is 0 Å². The van der Waals surface area contributed by atoms with Gasteiger partial charge in [-0.05, 0) is 39.2 Å². The first kappa shape index (κ1) is 13.7. The Labute approximate surface area is 120 Å². The number of hydrogen-bond acceptors (Lipinski definition) is 3. The van der Waals surface area contributed by atoms with E-state index in [1.54, 1.807) is 18.3 Å². The number of nitrogens with one attached hydrogen (secondary N) is 1. The van der Waals surface area contributed by atoms with Crippen LogP contribution in [-0.2, 0) is 17.8 Å². The van der Waals surface area contributed by atoms with Crippen LogP contribution in [0.5, 0.6) is 0 Å². The van der Waals surface area contributed by atoms with Gasteiger partial charge >= 0.3 is 0 Å². The molecule has 2 aromatic rings. The summed E-state index contributed by atoms with van der Waals surface area (Å²) in [7, 11) is 0. The molecule has 19 heavy (non-hydrogen) atoms. The van der Waals surface area contributed by atoms with Crippen LogP contribution < -0.4 is 11.1 Å². The largest absolute Gasteiger partial charge is 0.326 e. The van der Waals surface area contributed by atoms with Crippen LogP contribution in [0.15, 0.2) is 47.2 Å². The predicted molar refractivity (Wildman–Crippen MR) is 78.6 cm³/mol. The molecule has 98 valence electrons. The van der Waals surface area contributed by atoms with E-state index in [0.717, 1.165) is 15.7 Å². The van der Waals surface area contributed by atoms with Gasteiger partial charge in [0.1, 0.15) is 4.60 Å². The highest BCUT2D eigenvalue weighted by Crippen LogP contribution is 2.12. The standard InChI is InChI=1S/C14H14BrN3O/c15-13-6-5-12(9-17-13)18-14(19)7-10-3-1-2-4-11(10)8-16/h1-6,9H,7-8,16H2,(H,18,19). The van der Waals surface area contributed by atoms with E-state index in [1.165, 1.54) is 0 Å². The Morgan fingerprint density at radius 3 is 2.58 bits per heavy atom. The second-order valence-electron chi connectivity index (χ2n) is 4.07. The summed E-state index contributed by atoms with van der Waals surface area (Å²) in [6, 6.07) is 11.3. The number of amides is 1. The number of anilines is 1. The third-order valence-corrected chi connectivity index (χ3v) is 3.17. The number of rotatable bonds is 4. The lowest BCUT2D eigenvalue weighted by Crippen LogP contribution is -2.16.